The molecule has 0 aliphatic heterocycles. The lowest BCUT2D eigenvalue weighted by molar-refractivity contribution is -0.384. The van der Waals surface area contributed by atoms with Gasteiger partial charge in [-0.3, -0.25) is 10.1 Å². The molecule has 1 aromatic rings. The molecular weight excluding hydrogens is 220 g/mol. The van der Waals surface area contributed by atoms with Gasteiger partial charge < -0.3 is 10.5 Å². The Labute approximate surface area is 91.9 Å². The van der Waals surface area contributed by atoms with Crippen LogP contribution in [0.1, 0.15) is 6.42 Å². The molecule has 15 heavy (non-hydrogen) atoms. The Morgan fingerprint density at radius 1 is 1.53 bits per heavy atom. The molecule has 0 unspecified atom stereocenters. The minimum absolute atomic E-state index is 0.0528. The Hall–Kier alpha value is -1.49. The first-order chi connectivity index (χ1) is 7.16. The zero-order valence-corrected chi connectivity index (χ0v) is 8.74. The SMILES string of the molecule is Nc1c(OCCCCl)cccc1[N+](=O)[O-]. The number of rotatable bonds is 5. The number of benzene rings is 1. The number of hydrogen-bond acceptors (Lipinski definition) is 4. The summed E-state index contributed by atoms with van der Waals surface area (Å²) in [5.74, 6) is 0.809. The van der Waals surface area contributed by atoms with Crippen molar-refractivity contribution in [2.75, 3.05) is 18.2 Å². The van der Waals surface area contributed by atoms with E-state index in [0.29, 0.717) is 24.7 Å². The van der Waals surface area contributed by atoms with Crippen LogP contribution >= 0.6 is 11.6 Å². The molecule has 0 radical (unpaired) electrons. The van der Waals surface area contributed by atoms with Crippen LogP contribution in [0.2, 0.25) is 0 Å². The van der Waals surface area contributed by atoms with Crippen LogP contribution in [0.4, 0.5) is 11.4 Å². The summed E-state index contributed by atoms with van der Waals surface area (Å²) >= 11 is 5.47. The van der Waals surface area contributed by atoms with Crippen LogP contribution in [0.15, 0.2) is 18.2 Å². The maximum Gasteiger partial charge on any atom is 0.295 e. The van der Waals surface area contributed by atoms with E-state index in [1.165, 1.54) is 12.1 Å². The maximum atomic E-state index is 10.6. The zero-order chi connectivity index (χ0) is 11.3. The molecule has 0 heterocycles. The maximum absolute atomic E-state index is 10.6. The molecule has 0 aliphatic carbocycles. The third-order valence-electron chi connectivity index (χ3n) is 1.78. The minimum atomic E-state index is -0.538. The molecule has 0 amide bonds. The van der Waals surface area contributed by atoms with E-state index in [0.717, 1.165) is 0 Å². The number of halogens is 1. The van der Waals surface area contributed by atoms with Crippen molar-refractivity contribution in [3.8, 4) is 5.75 Å². The number of nitrogen functional groups attached to an aromatic ring is 1. The predicted octanol–water partition coefficient (Wildman–Crippen LogP) is 2.18. The predicted molar refractivity (Wildman–Crippen MR) is 58.3 cm³/mol. The van der Waals surface area contributed by atoms with E-state index in [1.54, 1.807) is 6.07 Å². The van der Waals surface area contributed by atoms with Crippen LogP contribution in [0.5, 0.6) is 5.75 Å². The largest absolute Gasteiger partial charge is 0.491 e. The monoisotopic (exact) mass is 230 g/mol. The van der Waals surface area contributed by atoms with E-state index >= 15 is 0 Å². The third kappa shape index (κ3) is 2.99. The van der Waals surface area contributed by atoms with Crippen molar-refractivity contribution in [1.29, 1.82) is 0 Å². The van der Waals surface area contributed by atoms with Gasteiger partial charge in [0.1, 0.15) is 5.75 Å². The molecule has 0 saturated heterocycles. The van der Waals surface area contributed by atoms with Gasteiger partial charge in [0, 0.05) is 11.9 Å². The average molecular weight is 231 g/mol. The Bertz CT molecular complexity index is 357. The van der Waals surface area contributed by atoms with Crippen molar-refractivity contribution in [2.24, 2.45) is 0 Å². The Morgan fingerprint density at radius 3 is 2.87 bits per heavy atom. The first-order valence-electron chi connectivity index (χ1n) is 4.38. The Kier molecular flexibility index (Phi) is 4.17. The van der Waals surface area contributed by atoms with E-state index in [4.69, 9.17) is 22.1 Å². The van der Waals surface area contributed by atoms with E-state index in [-0.39, 0.29) is 11.4 Å². The lowest BCUT2D eigenvalue weighted by Crippen LogP contribution is -2.03. The summed E-state index contributed by atoms with van der Waals surface area (Å²) < 4.78 is 5.25. The zero-order valence-electron chi connectivity index (χ0n) is 7.98. The average Bonchev–Trinajstić information content (AvgIpc) is 2.20. The summed E-state index contributed by atoms with van der Waals surface area (Å²) in [5.41, 5.74) is 5.48. The second kappa shape index (κ2) is 5.41. The lowest BCUT2D eigenvalue weighted by Gasteiger charge is -2.07. The van der Waals surface area contributed by atoms with E-state index in [9.17, 15) is 10.1 Å². The van der Waals surface area contributed by atoms with Gasteiger partial charge in [0.25, 0.3) is 5.69 Å². The van der Waals surface area contributed by atoms with E-state index < -0.39 is 4.92 Å². The molecule has 0 aliphatic rings. The minimum Gasteiger partial charge on any atom is -0.491 e. The summed E-state index contributed by atoms with van der Waals surface area (Å²) in [6.45, 7) is 0.398. The van der Waals surface area contributed by atoms with Gasteiger partial charge in [0.05, 0.1) is 11.5 Å². The number of para-hydroxylation sites is 1. The van der Waals surface area contributed by atoms with Gasteiger partial charge in [-0.2, -0.15) is 0 Å². The molecule has 6 heteroatoms. The van der Waals surface area contributed by atoms with Crippen LogP contribution < -0.4 is 10.5 Å². The number of nitro benzene ring substituents is 1. The number of ether oxygens (including phenoxy) is 1. The highest BCUT2D eigenvalue weighted by Crippen LogP contribution is 2.30. The van der Waals surface area contributed by atoms with Gasteiger partial charge >= 0.3 is 0 Å². The topological polar surface area (TPSA) is 78.4 Å². The quantitative estimate of drug-likeness (QED) is 0.276. The summed E-state index contributed by atoms with van der Waals surface area (Å²) in [6.07, 6.45) is 0.670. The number of alkyl halides is 1. The fourth-order valence-electron chi connectivity index (χ4n) is 1.05. The van der Waals surface area contributed by atoms with Crippen molar-refractivity contribution in [3.05, 3.63) is 28.3 Å². The van der Waals surface area contributed by atoms with Crippen LogP contribution in [0.3, 0.4) is 0 Å². The van der Waals surface area contributed by atoms with E-state index in [2.05, 4.69) is 0 Å². The second-order valence-electron chi connectivity index (χ2n) is 2.84. The number of hydrogen-bond donors (Lipinski definition) is 1. The molecule has 0 saturated carbocycles. The highest BCUT2D eigenvalue weighted by Gasteiger charge is 2.14. The molecule has 82 valence electrons. The number of nitrogens with two attached hydrogens (primary N) is 1. The van der Waals surface area contributed by atoms with Crippen LogP contribution in [-0.4, -0.2) is 17.4 Å². The third-order valence-corrected chi connectivity index (χ3v) is 2.04. The molecule has 0 spiro atoms. The van der Waals surface area contributed by atoms with Gasteiger partial charge in [-0.05, 0) is 12.5 Å². The van der Waals surface area contributed by atoms with Crippen molar-refractivity contribution in [3.63, 3.8) is 0 Å². The molecule has 2 N–H and O–H groups in total. The first kappa shape index (κ1) is 11.6. The molecule has 0 atom stereocenters. The number of anilines is 1. The molecule has 1 rings (SSSR count). The number of nitro groups is 1. The normalized spacial score (nSPS) is 9.93. The van der Waals surface area contributed by atoms with Crippen LogP contribution in [0, 0.1) is 10.1 Å². The summed E-state index contributed by atoms with van der Waals surface area (Å²) in [4.78, 5) is 10.0. The van der Waals surface area contributed by atoms with Gasteiger partial charge in [0.15, 0.2) is 5.69 Å². The Morgan fingerprint density at radius 2 is 2.27 bits per heavy atom. The number of nitrogens with zero attached hydrogens (tertiary/aromatic N) is 1. The first-order valence-corrected chi connectivity index (χ1v) is 4.92. The van der Waals surface area contributed by atoms with Gasteiger partial charge in [-0.1, -0.05) is 6.07 Å². The Balaban J connectivity index is 2.80. The highest BCUT2D eigenvalue weighted by atomic mass is 35.5. The van der Waals surface area contributed by atoms with Crippen molar-refractivity contribution >= 4 is 23.0 Å². The van der Waals surface area contributed by atoms with Crippen LogP contribution in [-0.2, 0) is 0 Å². The molecule has 0 aromatic heterocycles. The molecular formula is C9H11ClN2O3. The van der Waals surface area contributed by atoms with Crippen molar-refractivity contribution in [1.82, 2.24) is 0 Å². The summed E-state index contributed by atoms with van der Waals surface area (Å²) in [7, 11) is 0. The summed E-state index contributed by atoms with van der Waals surface area (Å²) in [6, 6.07) is 4.46. The molecule has 5 nitrogen and oxygen atoms in total. The fraction of sp³-hybridized carbons (Fsp3) is 0.333. The lowest BCUT2D eigenvalue weighted by atomic mass is 10.2. The standard InChI is InChI=1S/C9H11ClN2O3/c10-5-2-6-15-8-4-1-3-7(9(8)11)12(13)14/h1,3-4H,2,5-6,11H2. The fourth-order valence-corrected chi connectivity index (χ4v) is 1.16. The molecule has 0 fully saturated rings. The second-order valence-corrected chi connectivity index (χ2v) is 3.22. The highest BCUT2D eigenvalue weighted by molar-refractivity contribution is 6.17. The molecule has 0 bridgehead atoms. The van der Waals surface area contributed by atoms with Gasteiger partial charge in [-0.25, -0.2) is 0 Å². The van der Waals surface area contributed by atoms with Crippen molar-refractivity contribution < 1.29 is 9.66 Å². The molecule has 1 aromatic carbocycles. The van der Waals surface area contributed by atoms with Crippen molar-refractivity contribution in [2.45, 2.75) is 6.42 Å². The van der Waals surface area contributed by atoms with Gasteiger partial charge in [0.2, 0.25) is 0 Å². The van der Waals surface area contributed by atoms with E-state index in [1.807, 2.05) is 0 Å². The summed E-state index contributed by atoms with van der Waals surface area (Å²) in [5, 5.41) is 10.6. The van der Waals surface area contributed by atoms with Crippen LogP contribution in [0.25, 0.3) is 0 Å². The van der Waals surface area contributed by atoms with Gasteiger partial charge in [-0.15, -0.1) is 11.6 Å². The smallest absolute Gasteiger partial charge is 0.295 e.